The first-order chi connectivity index (χ1) is 11.2. The molecule has 6 heteroatoms. The Balaban J connectivity index is 5.87. The molecular weight excluding hydrogens is 236 g/mol. The second-order valence-electron chi connectivity index (χ2n) is 4.21. The lowest BCUT2D eigenvalue weighted by molar-refractivity contribution is -0.139. The Labute approximate surface area is 119 Å². The molecule has 1 amide bonds. The number of carbonyl (C=O) groups is 2. The molecule has 0 aliphatic heterocycles. The van der Waals surface area contributed by atoms with Gasteiger partial charge in [0.25, 0.3) is 0 Å². The molecule has 0 aliphatic rings. The summed E-state index contributed by atoms with van der Waals surface area (Å²) in [7, 11) is 1.04. The summed E-state index contributed by atoms with van der Waals surface area (Å²) in [6.07, 6.45) is -12.1. The summed E-state index contributed by atoms with van der Waals surface area (Å²) in [6, 6.07) is -2.18. The molecule has 0 spiro atoms. The molecule has 0 rings (SSSR count). The van der Waals surface area contributed by atoms with Crippen molar-refractivity contribution in [1.82, 2.24) is 10.6 Å². The number of alkyl carbamates (subject to hydrolysis) is 1. The van der Waals surface area contributed by atoms with Crippen LogP contribution in [0.15, 0.2) is 0 Å². The summed E-state index contributed by atoms with van der Waals surface area (Å²) in [5, 5.41) is 12.6. The first-order valence-electron chi connectivity index (χ1n) is 9.16. The highest BCUT2D eigenvalue weighted by molar-refractivity contribution is 5.73. The molecule has 0 fully saturated rings. The fraction of sp³-hybridized carbons (Fsp3) is 0.833. The van der Waals surface area contributed by atoms with Gasteiger partial charge in [-0.25, -0.2) is 4.79 Å². The van der Waals surface area contributed by atoms with E-state index in [4.69, 9.17) is 20.8 Å². The molecule has 0 unspecified atom stereocenters. The van der Waals surface area contributed by atoms with Crippen molar-refractivity contribution < 1.29 is 30.4 Å². The fourth-order valence-corrected chi connectivity index (χ4v) is 0.783. The molecule has 0 aliphatic carbocycles. The van der Waals surface area contributed by atoms with Gasteiger partial charge < -0.3 is 20.5 Å². The summed E-state index contributed by atoms with van der Waals surface area (Å²) in [5.41, 5.74) is -1.04. The van der Waals surface area contributed by atoms with Crippen molar-refractivity contribution in [3.05, 3.63) is 0 Å². The van der Waals surface area contributed by atoms with Gasteiger partial charge in [-0.2, -0.15) is 0 Å². The van der Waals surface area contributed by atoms with Gasteiger partial charge in [0.2, 0.25) is 0 Å². The number of rotatable bonds is 7. The topological polar surface area (TPSA) is 87.7 Å². The third kappa shape index (κ3) is 8.81. The summed E-state index contributed by atoms with van der Waals surface area (Å²) < 4.78 is 67.0. The molecular formula is C12H24N2O4. The highest BCUT2D eigenvalue weighted by Crippen LogP contribution is 2.06. The molecule has 0 heterocycles. The van der Waals surface area contributed by atoms with Gasteiger partial charge in [-0.05, 0) is 46.9 Å². The molecule has 0 aromatic rings. The van der Waals surface area contributed by atoms with Crippen LogP contribution in [0.3, 0.4) is 0 Å². The summed E-state index contributed by atoms with van der Waals surface area (Å²) in [5.74, 6) is -1.79. The number of ether oxygens (including phenoxy) is 1. The minimum absolute atomic E-state index is 1.04. The van der Waals surface area contributed by atoms with E-state index in [-0.39, 0.29) is 0 Å². The van der Waals surface area contributed by atoms with Gasteiger partial charge in [0.05, 0.1) is 0 Å². The predicted octanol–water partition coefficient (Wildman–Crippen LogP) is 1.35. The van der Waals surface area contributed by atoms with Crippen molar-refractivity contribution in [1.29, 1.82) is 0 Å². The van der Waals surface area contributed by atoms with E-state index in [1.54, 1.807) is 5.32 Å². The normalized spacial score (nSPS) is 22.7. The number of aliphatic carboxylic acids is 1. The third-order valence-electron chi connectivity index (χ3n) is 1.44. The summed E-state index contributed by atoms with van der Waals surface area (Å²) >= 11 is 0. The van der Waals surface area contributed by atoms with Crippen LogP contribution in [0.1, 0.15) is 50.9 Å². The molecule has 18 heavy (non-hydrogen) atoms. The maximum atomic E-state index is 11.7. The monoisotopic (exact) mass is 268 g/mol. The Bertz CT molecular complexity index is 548. The number of hydrogen-bond donors (Lipinski definition) is 3. The minimum atomic E-state index is -3.68. The molecule has 0 aromatic heterocycles. The van der Waals surface area contributed by atoms with Crippen molar-refractivity contribution in [3.8, 4) is 0 Å². The van der Waals surface area contributed by atoms with E-state index in [0.717, 1.165) is 7.05 Å². The second-order valence-corrected chi connectivity index (χ2v) is 4.21. The Morgan fingerprint density at radius 3 is 2.44 bits per heavy atom. The highest BCUT2D eigenvalue weighted by atomic mass is 16.6. The quantitative estimate of drug-likeness (QED) is 0.649. The Morgan fingerprint density at radius 2 is 2.00 bits per heavy atom. The number of carboxylic acid groups (broad SMARTS) is 1. The van der Waals surface area contributed by atoms with Crippen molar-refractivity contribution in [2.24, 2.45) is 0 Å². The zero-order valence-electron chi connectivity index (χ0n) is 18.7. The third-order valence-corrected chi connectivity index (χ3v) is 1.44. The zero-order chi connectivity index (χ0) is 21.4. The molecule has 6 nitrogen and oxygen atoms in total. The van der Waals surface area contributed by atoms with E-state index in [9.17, 15) is 9.59 Å². The van der Waals surface area contributed by atoms with Crippen LogP contribution < -0.4 is 10.6 Å². The standard InChI is InChI=1S/C12H24N2O4/c1-12(2,3)18-11(17)14-8-6-5-7-9(13-4)10(15)16/h9,13H,5-8H2,1-4H3,(H,14,17)(H,15,16)/t9-/m0/s1/i5D2,6D2,7D2,8D2. The van der Waals surface area contributed by atoms with Crippen LogP contribution in [0.5, 0.6) is 0 Å². The molecule has 0 aromatic carbocycles. The highest BCUT2D eigenvalue weighted by Gasteiger charge is 2.16. The Hall–Kier alpha value is -1.30. The number of nitrogens with one attached hydrogen (secondary N) is 2. The van der Waals surface area contributed by atoms with Gasteiger partial charge in [-0.15, -0.1) is 0 Å². The van der Waals surface area contributed by atoms with Crippen LogP contribution >= 0.6 is 0 Å². The van der Waals surface area contributed by atoms with Gasteiger partial charge >= 0.3 is 12.1 Å². The van der Waals surface area contributed by atoms with E-state index >= 15 is 0 Å². The van der Waals surface area contributed by atoms with Gasteiger partial charge in [-0.1, -0.05) is 0 Å². The largest absolute Gasteiger partial charge is 0.480 e. The van der Waals surface area contributed by atoms with Gasteiger partial charge in [0, 0.05) is 17.5 Å². The minimum Gasteiger partial charge on any atom is -0.480 e. The van der Waals surface area contributed by atoms with Crippen LogP contribution in [0.4, 0.5) is 4.79 Å². The molecule has 0 radical (unpaired) electrons. The molecule has 3 N–H and O–H groups in total. The van der Waals surface area contributed by atoms with Crippen molar-refractivity contribution >= 4 is 12.1 Å². The van der Waals surface area contributed by atoms with Crippen LogP contribution in [-0.4, -0.2) is 42.4 Å². The maximum Gasteiger partial charge on any atom is 0.407 e. The lowest BCUT2D eigenvalue weighted by Crippen LogP contribution is -2.34. The van der Waals surface area contributed by atoms with E-state index in [2.05, 4.69) is 0 Å². The number of likely N-dealkylation sites (N-methyl/N-ethyl adjacent to an activating group) is 1. The van der Waals surface area contributed by atoms with E-state index in [0.29, 0.717) is 0 Å². The molecule has 0 saturated carbocycles. The number of amides is 1. The molecule has 0 saturated heterocycles. The average molecular weight is 268 g/mol. The number of carboxylic acids is 1. The van der Waals surface area contributed by atoms with Gasteiger partial charge in [-0.3, -0.25) is 4.79 Å². The van der Waals surface area contributed by atoms with Crippen molar-refractivity contribution in [2.75, 3.05) is 13.5 Å². The summed E-state index contributed by atoms with van der Waals surface area (Å²) in [4.78, 5) is 22.9. The number of hydrogen-bond acceptors (Lipinski definition) is 4. The smallest absolute Gasteiger partial charge is 0.407 e. The lowest BCUT2D eigenvalue weighted by atomic mass is 10.1. The molecule has 106 valence electrons. The maximum absolute atomic E-state index is 11.7. The van der Waals surface area contributed by atoms with E-state index < -0.39 is 49.3 Å². The fourth-order valence-electron chi connectivity index (χ4n) is 0.783. The SMILES string of the molecule is [2H]C([2H])(NC(=O)OC(C)(C)C)C([2H])([2H])C([2H])([2H])C([2H])([2H])[C@H](NC)C(=O)O. The van der Waals surface area contributed by atoms with Crippen molar-refractivity contribution in [3.63, 3.8) is 0 Å². The van der Waals surface area contributed by atoms with E-state index in [1.165, 1.54) is 20.8 Å². The number of carbonyl (C=O) groups excluding carboxylic acids is 1. The Morgan fingerprint density at radius 1 is 1.39 bits per heavy atom. The zero-order valence-corrected chi connectivity index (χ0v) is 10.7. The van der Waals surface area contributed by atoms with Crippen molar-refractivity contribution in [2.45, 2.75) is 51.5 Å². The van der Waals surface area contributed by atoms with E-state index in [1.807, 2.05) is 5.32 Å². The first-order valence-corrected chi connectivity index (χ1v) is 5.16. The predicted molar refractivity (Wildman–Crippen MR) is 68.6 cm³/mol. The van der Waals surface area contributed by atoms with Crippen LogP contribution in [0.25, 0.3) is 0 Å². The van der Waals surface area contributed by atoms with Crippen LogP contribution in [0.2, 0.25) is 0 Å². The summed E-state index contributed by atoms with van der Waals surface area (Å²) in [6.45, 7) is 0.986. The van der Waals surface area contributed by atoms with Crippen LogP contribution in [0, 0.1) is 0 Å². The van der Waals surface area contributed by atoms with Crippen LogP contribution in [-0.2, 0) is 9.53 Å². The Kier molecular flexibility index (Phi) is 3.22. The molecule has 1 atom stereocenters. The average Bonchev–Trinajstić information content (AvgIpc) is 2.34. The first kappa shape index (κ1) is 7.33. The van der Waals surface area contributed by atoms with Gasteiger partial charge in [0.1, 0.15) is 11.6 Å². The second kappa shape index (κ2) is 7.92. The lowest BCUT2D eigenvalue weighted by Gasteiger charge is -2.19. The van der Waals surface area contributed by atoms with Gasteiger partial charge in [0.15, 0.2) is 0 Å². The molecule has 0 bridgehead atoms.